The van der Waals surface area contributed by atoms with Gasteiger partial charge in [-0.3, -0.25) is 0 Å². The molecule has 2 N–H and O–H groups in total. The molecular formula is C13H8BrCl2FN2O2S. The summed E-state index contributed by atoms with van der Waals surface area (Å²) >= 11 is 18.7. The number of carbonyl (C=O) groups is 1. The molecule has 2 rings (SSSR count). The number of hydrogen-bond donors (Lipinski definition) is 3. The predicted molar refractivity (Wildman–Crippen MR) is 92.7 cm³/mol. The molecule has 2 aromatic rings. The van der Waals surface area contributed by atoms with Crippen LogP contribution in [0.25, 0.3) is 0 Å². The van der Waals surface area contributed by atoms with Gasteiger partial charge in [0.05, 0.1) is 0 Å². The van der Waals surface area contributed by atoms with Crippen molar-refractivity contribution in [2.24, 2.45) is 0 Å². The second-order valence-corrected chi connectivity index (χ2v) is 6.34. The van der Waals surface area contributed by atoms with Crippen LogP contribution in [0.4, 0.5) is 20.6 Å². The number of anilines is 2. The van der Waals surface area contributed by atoms with Gasteiger partial charge in [-0.15, -0.1) is 0 Å². The Morgan fingerprint density at radius 2 is 1.82 bits per heavy atom. The number of phenolic OH excluding ortho intramolecular Hbond substituents is 1. The monoisotopic (exact) mass is 424 g/mol. The molecule has 2 aromatic carbocycles. The molecule has 0 saturated heterocycles. The predicted octanol–water partition coefficient (Wildman–Crippen LogP) is 5.48. The van der Waals surface area contributed by atoms with Crippen LogP contribution in [-0.2, 0) is 0 Å². The van der Waals surface area contributed by atoms with Gasteiger partial charge in [0.15, 0.2) is 11.6 Å². The Hall–Kier alpha value is -1.15. The lowest BCUT2D eigenvalue weighted by Crippen LogP contribution is -2.27. The van der Waals surface area contributed by atoms with Crippen molar-refractivity contribution in [2.75, 3.05) is 9.62 Å². The van der Waals surface area contributed by atoms with Gasteiger partial charge >= 0.3 is 6.03 Å². The standard InChI is InChI=1S/C13H8BrCl2FN2O2S/c14-6-1-10(17)12(20)11(2-6)19(22)13(21)18-9-4-7(15)3-8(16)5-9/h1-5,20,22H,(H,18,21). The van der Waals surface area contributed by atoms with Gasteiger partial charge in [-0.05, 0) is 30.3 Å². The summed E-state index contributed by atoms with van der Waals surface area (Å²) in [5.41, 5.74) is 0.206. The molecule has 2 amide bonds. The summed E-state index contributed by atoms with van der Waals surface area (Å²) in [6.45, 7) is 0. The molecule has 0 spiro atoms. The highest BCUT2D eigenvalue weighted by Crippen LogP contribution is 2.35. The summed E-state index contributed by atoms with van der Waals surface area (Å²) in [5, 5.41) is 12.8. The zero-order valence-corrected chi connectivity index (χ0v) is 14.6. The van der Waals surface area contributed by atoms with Gasteiger partial charge in [0, 0.05) is 20.2 Å². The van der Waals surface area contributed by atoms with E-state index in [-0.39, 0.29) is 5.69 Å². The van der Waals surface area contributed by atoms with Gasteiger partial charge in [0.2, 0.25) is 0 Å². The van der Waals surface area contributed by atoms with Crippen molar-refractivity contribution in [2.45, 2.75) is 0 Å². The molecule has 0 atom stereocenters. The number of phenols is 1. The van der Waals surface area contributed by atoms with E-state index >= 15 is 0 Å². The van der Waals surface area contributed by atoms with Crippen LogP contribution in [0.2, 0.25) is 10.0 Å². The molecule has 0 aromatic heterocycles. The Labute approximate surface area is 149 Å². The fourth-order valence-electron chi connectivity index (χ4n) is 1.63. The highest BCUT2D eigenvalue weighted by molar-refractivity contribution is 9.10. The number of carbonyl (C=O) groups excluding carboxylic acids is 1. The molecule has 0 fully saturated rings. The zero-order valence-electron chi connectivity index (χ0n) is 10.6. The SMILES string of the molecule is O=C(Nc1cc(Cl)cc(Cl)c1)N(S)c1cc(Br)cc(F)c1O. The average molecular weight is 426 g/mol. The summed E-state index contributed by atoms with van der Waals surface area (Å²) in [6.07, 6.45) is 0. The smallest absolute Gasteiger partial charge is 0.336 e. The number of nitrogens with zero attached hydrogens (tertiary/aromatic N) is 1. The Kier molecular flexibility index (Phi) is 5.44. The number of amides is 2. The Balaban J connectivity index is 2.26. The number of hydrogen-bond acceptors (Lipinski definition) is 3. The second kappa shape index (κ2) is 6.95. The minimum absolute atomic E-state index is 0.124. The quantitative estimate of drug-likeness (QED) is 0.557. The Morgan fingerprint density at radius 3 is 2.41 bits per heavy atom. The molecule has 4 nitrogen and oxygen atoms in total. The van der Waals surface area contributed by atoms with Gasteiger partial charge in [0.1, 0.15) is 5.69 Å². The van der Waals surface area contributed by atoms with Crippen molar-refractivity contribution >= 4 is 69.4 Å². The molecule has 9 heteroatoms. The summed E-state index contributed by atoms with van der Waals surface area (Å²) in [5.74, 6) is -1.58. The van der Waals surface area contributed by atoms with Gasteiger partial charge in [0.25, 0.3) is 0 Å². The lowest BCUT2D eigenvalue weighted by molar-refractivity contribution is 0.260. The van der Waals surface area contributed by atoms with Crippen LogP contribution in [0.15, 0.2) is 34.8 Å². The first-order chi connectivity index (χ1) is 10.3. The molecule has 0 aliphatic rings. The van der Waals surface area contributed by atoms with Crippen molar-refractivity contribution in [3.05, 3.63) is 50.7 Å². The van der Waals surface area contributed by atoms with Crippen molar-refractivity contribution in [3.63, 3.8) is 0 Å². The highest BCUT2D eigenvalue weighted by Gasteiger charge is 2.19. The van der Waals surface area contributed by atoms with Crippen LogP contribution in [0, 0.1) is 5.82 Å². The highest BCUT2D eigenvalue weighted by atomic mass is 79.9. The van der Waals surface area contributed by atoms with E-state index in [0.29, 0.717) is 20.2 Å². The zero-order chi connectivity index (χ0) is 16.4. The number of benzene rings is 2. The van der Waals surface area contributed by atoms with E-state index in [0.717, 1.165) is 10.4 Å². The lowest BCUT2D eigenvalue weighted by Gasteiger charge is -2.18. The first-order valence-corrected chi connectivity index (χ1v) is 7.67. The first-order valence-electron chi connectivity index (χ1n) is 5.72. The summed E-state index contributed by atoms with van der Waals surface area (Å²) in [7, 11) is 0. The summed E-state index contributed by atoms with van der Waals surface area (Å²) in [6, 6.07) is 6.15. The molecule has 0 saturated carbocycles. The fraction of sp³-hybridized carbons (Fsp3) is 0. The third-order valence-corrected chi connectivity index (χ3v) is 3.83. The molecule has 0 bridgehead atoms. The lowest BCUT2D eigenvalue weighted by atomic mass is 10.3. The summed E-state index contributed by atoms with van der Waals surface area (Å²) in [4.78, 5) is 12.1. The van der Waals surface area contributed by atoms with Crippen LogP contribution < -0.4 is 9.62 Å². The number of aromatic hydroxyl groups is 1. The third kappa shape index (κ3) is 3.98. The number of halogens is 4. The largest absolute Gasteiger partial charge is 0.503 e. The first kappa shape index (κ1) is 17.2. The van der Waals surface area contributed by atoms with Gasteiger partial charge < -0.3 is 10.4 Å². The average Bonchev–Trinajstić information content (AvgIpc) is 2.40. The van der Waals surface area contributed by atoms with Crippen molar-refractivity contribution in [1.29, 1.82) is 0 Å². The molecule has 116 valence electrons. The number of nitrogens with one attached hydrogen (secondary N) is 1. The molecule has 22 heavy (non-hydrogen) atoms. The maximum absolute atomic E-state index is 13.5. The molecule has 0 aliphatic carbocycles. The topological polar surface area (TPSA) is 52.6 Å². The van der Waals surface area contributed by atoms with E-state index in [1.807, 2.05) is 0 Å². The molecular weight excluding hydrogens is 418 g/mol. The normalized spacial score (nSPS) is 10.4. The number of thiol groups is 1. The van der Waals surface area contributed by atoms with Crippen LogP contribution >= 0.6 is 51.9 Å². The van der Waals surface area contributed by atoms with E-state index in [1.165, 1.54) is 24.3 Å². The van der Waals surface area contributed by atoms with Gasteiger partial charge in [-0.25, -0.2) is 13.5 Å². The van der Waals surface area contributed by atoms with Crippen LogP contribution in [0.3, 0.4) is 0 Å². The number of urea groups is 1. The fourth-order valence-corrected chi connectivity index (χ4v) is 2.77. The van der Waals surface area contributed by atoms with Crippen molar-refractivity contribution < 1.29 is 14.3 Å². The number of rotatable bonds is 2. The summed E-state index contributed by atoms with van der Waals surface area (Å²) < 4.78 is 14.6. The minimum Gasteiger partial charge on any atom is -0.503 e. The van der Waals surface area contributed by atoms with Gasteiger partial charge in [-0.1, -0.05) is 51.9 Å². The molecule has 0 unspecified atom stereocenters. The van der Waals surface area contributed by atoms with Crippen LogP contribution in [0.1, 0.15) is 0 Å². The van der Waals surface area contributed by atoms with Crippen molar-refractivity contribution in [1.82, 2.24) is 0 Å². The molecule has 0 heterocycles. The Bertz CT molecular complexity index is 728. The van der Waals surface area contributed by atoms with Crippen molar-refractivity contribution in [3.8, 4) is 5.75 Å². The van der Waals surface area contributed by atoms with E-state index in [9.17, 15) is 14.3 Å². The maximum Gasteiger partial charge on any atom is 0.336 e. The minimum atomic E-state index is -0.887. The van der Waals surface area contributed by atoms with E-state index < -0.39 is 17.6 Å². The van der Waals surface area contributed by atoms with Crippen LogP contribution in [-0.4, -0.2) is 11.1 Å². The maximum atomic E-state index is 13.5. The second-order valence-electron chi connectivity index (χ2n) is 4.16. The molecule has 0 radical (unpaired) electrons. The Morgan fingerprint density at radius 1 is 1.23 bits per heavy atom. The third-order valence-electron chi connectivity index (χ3n) is 2.54. The van der Waals surface area contributed by atoms with E-state index in [2.05, 4.69) is 34.1 Å². The van der Waals surface area contributed by atoms with Crippen LogP contribution in [0.5, 0.6) is 5.75 Å². The van der Waals surface area contributed by atoms with E-state index in [4.69, 9.17) is 23.2 Å². The molecule has 0 aliphatic heterocycles. The van der Waals surface area contributed by atoms with E-state index in [1.54, 1.807) is 0 Å². The van der Waals surface area contributed by atoms with Gasteiger partial charge in [-0.2, -0.15) is 0 Å².